The van der Waals surface area contributed by atoms with Crippen molar-refractivity contribution in [2.24, 2.45) is 0 Å². The first kappa shape index (κ1) is 15.1. The Bertz CT molecular complexity index is 731. The number of nitrogens with one attached hydrogen (secondary N) is 2. The second-order valence-electron chi connectivity index (χ2n) is 5.68. The molecule has 3 rings (SSSR count). The first-order valence-electron chi connectivity index (χ1n) is 7.06. The van der Waals surface area contributed by atoms with Crippen molar-refractivity contribution in [2.75, 3.05) is 12.0 Å². The number of alkyl halides is 1. The summed E-state index contributed by atoms with van der Waals surface area (Å²) in [6, 6.07) is 8.89. The van der Waals surface area contributed by atoms with Gasteiger partial charge in [-0.15, -0.1) is 0 Å². The molecule has 0 aromatic heterocycles. The largest absolute Gasteiger partial charge is 0.507 e. The maximum absolute atomic E-state index is 12.9. The molecular weight excluding hydrogens is 303 g/mol. The van der Waals surface area contributed by atoms with Crippen LogP contribution in [0.4, 0.5) is 10.1 Å². The van der Waals surface area contributed by atoms with E-state index in [2.05, 4.69) is 10.0 Å². The number of hydrogen-bond donors (Lipinski definition) is 3. The van der Waals surface area contributed by atoms with E-state index in [9.17, 15) is 14.3 Å². The van der Waals surface area contributed by atoms with Crippen LogP contribution < -0.4 is 10.0 Å². The average Bonchev–Trinajstić information content (AvgIpc) is 3.25. The number of benzene rings is 2. The van der Waals surface area contributed by atoms with Crippen LogP contribution in [-0.2, 0) is 4.79 Å². The molecule has 0 spiro atoms. The van der Waals surface area contributed by atoms with Gasteiger partial charge in [-0.2, -0.15) is 0 Å². The number of carbonyl (C=O) groups excluding carboxylic acids is 1. The number of phenolic OH excluding ortho intramolecular Hbond substituents is 1. The van der Waals surface area contributed by atoms with Gasteiger partial charge in [-0.3, -0.25) is 9.52 Å². The molecule has 0 bridgehead atoms. The molecule has 1 fully saturated rings. The number of aromatic hydroxyl groups is 1. The van der Waals surface area contributed by atoms with Crippen molar-refractivity contribution in [3.8, 4) is 5.75 Å². The lowest BCUT2D eigenvalue weighted by molar-refractivity contribution is -0.114. The molecule has 4 nitrogen and oxygen atoms in total. The van der Waals surface area contributed by atoms with Crippen molar-refractivity contribution in [1.82, 2.24) is 4.72 Å². The Kier molecular flexibility index (Phi) is 3.97. The van der Waals surface area contributed by atoms with E-state index in [0.29, 0.717) is 11.1 Å². The van der Waals surface area contributed by atoms with Gasteiger partial charge < -0.3 is 10.4 Å². The Hall–Kier alpha value is -1.79. The molecule has 1 aliphatic carbocycles. The van der Waals surface area contributed by atoms with Crippen LogP contribution in [0.25, 0.3) is 10.8 Å². The van der Waals surface area contributed by atoms with Crippen LogP contribution in [0.5, 0.6) is 5.75 Å². The molecule has 3 N–H and O–H groups in total. The number of amides is 1. The lowest BCUT2D eigenvalue weighted by Gasteiger charge is -2.13. The van der Waals surface area contributed by atoms with Gasteiger partial charge in [0.05, 0.1) is 5.54 Å². The SMILES string of the molecule is CC(=O)Nc1ccc2c(O)cc(SNC3(CF)CC3)cc2c1. The molecule has 0 atom stereocenters. The maximum atomic E-state index is 12.9. The molecule has 6 heteroatoms. The van der Waals surface area contributed by atoms with Crippen LogP contribution in [-0.4, -0.2) is 23.2 Å². The van der Waals surface area contributed by atoms with E-state index in [1.807, 2.05) is 12.1 Å². The summed E-state index contributed by atoms with van der Waals surface area (Å²) in [6.07, 6.45) is 1.67. The first-order valence-corrected chi connectivity index (χ1v) is 7.87. The Morgan fingerprint density at radius 3 is 2.77 bits per heavy atom. The number of carbonyl (C=O) groups is 1. The van der Waals surface area contributed by atoms with Crippen LogP contribution in [0.1, 0.15) is 19.8 Å². The van der Waals surface area contributed by atoms with Crippen LogP contribution in [0.3, 0.4) is 0 Å². The van der Waals surface area contributed by atoms with E-state index < -0.39 is 5.54 Å². The Balaban J connectivity index is 1.86. The van der Waals surface area contributed by atoms with Crippen molar-refractivity contribution >= 4 is 34.3 Å². The molecule has 2 aromatic carbocycles. The van der Waals surface area contributed by atoms with Gasteiger partial charge in [-0.05, 0) is 60.5 Å². The molecule has 22 heavy (non-hydrogen) atoms. The second-order valence-corrected chi connectivity index (χ2v) is 6.56. The third-order valence-corrected chi connectivity index (χ3v) is 4.73. The summed E-state index contributed by atoms with van der Waals surface area (Å²) in [5.74, 6) is 0.0238. The Morgan fingerprint density at radius 2 is 2.14 bits per heavy atom. The van der Waals surface area contributed by atoms with Gasteiger partial charge >= 0.3 is 0 Å². The van der Waals surface area contributed by atoms with E-state index >= 15 is 0 Å². The number of rotatable bonds is 5. The van der Waals surface area contributed by atoms with E-state index in [1.165, 1.54) is 18.9 Å². The van der Waals surface area contributed by atoms with E-state index in [-0.39, 0.29) is 18.3 Å². The highest BCUT2D eigenvalue weighted by Crippen LogP contribution is 2.40. The number of phenols is 1. The smallest absolute Gasteiger partial charge is 0.221 e. The lowest BCUT2D eigenvalue weighted by Crippen LogP contribution is -2.27. The lowest BCUT2D eigenvalue weighted by atomic mass is 10.1. The second kappa shape index (κ2) is 5.78. The predicted molar refractivity (Wildman–Crippen MR) is 86.8 cm³/mol. The zero-order chi connectivity index (χ0) is 15.7. The van der Waals surface area contributed by atoms with Crippen LogP contribution in [0.15, 0.2) is 35.2 Å². The number of fused-ring (bicyclic) bond motifs is 1. The fourth-order valence-corrected chi connectivity index (χ4v) is 3.19. The van der Waals surface area contributed by atoms with E-state index in [0.717, 1.165) is 23.1 Å². The quantitative estimate of drug-likeness (QED) is 0.737. The van der Waals surface area contributed by atoms with Gasteiger partial charge in [0.25, 0.3) is 0 Å². The van der Waals surface area contributed by atoms with Gasteiger partial charge in [0.2, 0.25) is 5.91 Å². The van der Waals surface area contributed by atoms with Gasteiger partial charge in [0.15, 0.2) is 0 Å². The molecule has 1 amide bonds. The first-order chi connectivity index (χ1) is 10.5. The van der Waals surface area contributed by atoms with Crippen molar-refractivity contribution in [2.45, 2.75) is 30.2 Å². The minimum atomic E-state index is -0.396. The summed E-state index contributed by atoms with van der Waals surface area (Å²) >= 11 is 1.33. The third kappa shape index (κ3) is 3.18. The zero-order valence-corrected chi connectivity index (χ0v) is 13.0. The van der Waals surface area contributed by atoms with Gasteiger partial charge in [0, 0.05) is 22.9 Å². The van der Waals surface area contributed by atoms with Crippen molar-refractivity contribution < 1.29 is 14.3 Å². The van der Waals surface area contributed by atoms with E-state index in [4.69, 9.17) is 0 Å². The number of halogens is 1. The highest BCUT2D eigenvalue weighted by molar-refractivity contribution is 7.97. The van der Waals surface area contributed by atoms with Crippen molar-refractivity contribution in [3.63, 3.8) is 0 Å². The molecular formula is C16H17FN2O2S. The summed E-state index contributed by atoms with van der Waals surface area (Å²) in [4.78, 5) is 11.9. The minimum absolute atomic E-state index is 0.144. The normalized spacial score (nSPS) is 15.7. The molecule has 1 aliphatic rings. The van der Waals surface area contributed by atoms with Gasteiger partial charge in [-0.1, -0.05) is 0 Å². The number of hydrogen-bond acceptors (Lipinski definition) is 4. The summed E-state index contributed by atoms with van der Waals surface area (Å²) in [7, 11) is 0. The Morgan fingerprint density at radius 1 is 1.36 bits per heavy atom. The number of anilines is 1. The van der Waals surface area contributed by atoms with Crippen LogP contribution in [0, 0.1) is 0 Å². The molecule has 116 valence electrons. The van der Waals surface area contributed by atoms with Crippen molar-refractivity contribution in [1.29, 1.82) is 0 Å². The molecule has 0 saturated heterocycles. The van der Waals surface area contributed by atoms with Crippen LogP contribution in [0.2, 0.25) is 0 Å². The van der Waals surface area contributed by atoms with E-state index in [1.54, 1.807) is 18.2 Å². The fourth-order valence-electron chi connectivity index (χ4n) is 2.24. The maximum Gasteiger partial charge on any atom is 0.221 e. The van der Waals surface area contributed by atoms with Crippen molar-refractivity contribution in [3.05, 3.63) is 30.3 Å². The summed E-state index contributed by atoms with van der Waals surface area (Å²) in [5, 5.41) is 14.4. The summed E-state index contributed by atoms with van der Waals surface area (Å²) < 4.78 is 16.0. The molecule has 0 aliphatic heterocycles. The summed E-state index contributed by atoms with van der Waals surface area (Å²) in [5.41, 5.74) is 0.282. The molecule has 2 aromatic rings. The van der Waals surface area contributed by atoms with Gasteiger partial charge in [-0.25, -0.2) is 4.39 Å². The van der Waals surface area contributed by atoms with Gasteiger partial charge in [0.1, 0.15) is 12.4 Å². The topological polar surface area (TPSA) is 61.4 Å². The highest BCUT2D eigenvalue weighted by atomic mass is 32.2. The predicted octanol–water partition coefficient (Wildman–Crippen LogP) is 3.60. The average molecular weight is 320 g/mol. The Labute approximate surface area is 132 Å². The molecule has 0 heterocycles. The molecule has 0 unspecified atom stereocenters. The molecule has 1 saturated carbocycles. The zero-order valence-electron chi connectivity index (χ0n) is 12.1. The summed E-state index contributed by atoms with van der Waals surface area (Å²) in [6.45, 7) is 1.07. The monoisotopic (exact) mass is 320 g/mol. The highest BCUT2D eigenvalue weighted by Gasteiger charge is 2.42. The molecule has 0 radical (unpaired) electrons. The fraction of sp³-hybridized carbons (Fsp3) is 0.312. The third-order valence-electron chi connectivity index (χ3n) is 3.72. The van der Waals surface area contributed by atoms with Crippen LogP contribution >= 0.6 is 11.9 Å². The minimum Gasteiger partial charge on any atom is -0.507 e. The standard InChI is InChI=1S/C16H17FN2O2S/c1-10(20)18-12-2-3-14-11(6-12)7-13(8-15(14)21)22-19-16(9-17)4-5-16/h2-3,6-8,19,21H,4-5,9H2,1H3,(H,18,20).